The molecule has 1 N–H and O–H groups in total. The maximum atomic E-state index is 11.8. The second-order valence-corrected chi connectivity index (χ2v) is 4.58. The van der Waals surface area contributed by atoms with Crippen LogP contribution in [0.2, 0.25) is 0 Å². The predicted molar refractivity (Wildman–Crippen MR) is 73.9 cm³/mol. The molecule has 1 aromatic heterocycles. The molecule has 0 saturated heterocycles. The van der Waals surface area contributed by atoms with Crippen molar-refractivity contribution in [2.75, 3.05) is 20.6 Å². The quantitative estimate of drug-likeness (QED) is 0.895. The van der Waals surface area contributed by atoms with Gasteiger partial charge in [-0.2, -0.15) is 0 Å². The van der Waals surface area contributed by atoms with Gasteiger partial charge in [-0.25, -0.2) is 0 Å². The summed E-state index contributed by atoms with van der Waals surface area (Å²) in [6, 6.07) is 13.6. The molecule has 0 saturated carbocycles. The summed E-state index contributed by atoms with van der Waals surface area (Å²) in [5, 5.41) is 2.89. The highest BCUT2D eigenvalue weighted by Crippen LogP contribution is 2.16. The van der Waals surface area contributed by atoms with E-state index in [0.29, 0.717) is 12.3 Å². The van der Waals surface area contributed by atoms with Crippen molar-refractivity contribution in [2.24, 2.45) is 0 Å². The van der Waals surface area contributed by atoms with Gasteiger partial charge in [0.15, 0.2) is 5.76 Å². The van der Waals surface area contributed by atoms with Crippen LogP contribution in [0, 0.1) is 0 Å². The van der Waals surface area contributed by atoms with Crippen LogP contribution in [0.4, 0.5) is 0 Å². The fourth-order valence-electron chi connectivity index (χ4n) is 1.96. The Bertz CT molecular complexity index is 506. The van der Waals surface area contributed by atoms with E-state index in [0.717, 1.165) is 0 Å². The van der Waals surface area contributed by atoms with Crippen LogP contribution in [0.15, 0.2) is 53.1 Å². The number of nitrogens with zero attached hydrogens (tertiary/aromatic N) is 1. The zero-order chi connectivity index (χ0) is 13.7. The molecule has 0 aliphatic heterocycles. The second kappa shape index (κ2) is 6.20. The molecule has 1 heterocycles. The van der Waals surface area contributed by atoms with Gasteiger partial charge < -0.3 is 14.6 Å². The Morgan fingerprint density at radius 2 is 1.95 bits per heavy atom. The maximum absolute atomic E-state index is 11.8. The summed E-state index contributed by atoms with van der Waals surface area (Å²) in [5.41, 5.74) is 1.17. The minimum atomic E-state index is -0.187. The third-order valence-corrected chi connectivity index (χ3v) is 3.01. The van der Waals surface area contributed by atoms with Crippen LogP contribution in [0.3, 0.4) is 0 Å². The first-order chi connectivity index (χ1) is 9.18. The first kappa shape index (κ1) is 13.4. The molecule has 2 aromatic rings. The molecule has 19 heavy (non-hydrogen) atoms. The molecule has 0 unspecified atom stereocenters. The lowest BCUT2D eigenvalue weighted by atomic mass is 10.1. The summed E-state index contributed by atoms with van der Waals surface area (Å²) in [6.07, 6.45) is 1.50. The standard InChI is InChI=1S/C15H18N2O2/c1-17(2)13(12-7-4-3-5-8-12)11-16-15(18)14-9-6-10-19-14/h3-10,13H,11H2,1-2H3,(H,16,18)/t13-/m1/s1. The van der Waals surface area contributed by atoms with Crippen molar-refractivity contribution in [1.29, 1.82) is 0 Å². The second-order valence-electron chi connectivity index (χ2n) is 4.58. The number of nitrogens with one attached hydrogen (secondary N) is 1. The van der Waals surface area contributed by atoms with Gasteiger partial charge in [0.25, 0.3) is 5.91 Å². The lowest BCUT2D eigenvalue weighted by molar-refractivity contribution is 0.0914. The van der Waals surface area contributed by atoms with Gasteiger partial charge >= 0.3 is 0 Å². The van der Waals surface area contributed by atoms with Crippen LogP contribution in [0.25, 0.3) is 0 Å². The van der Waals surface area contributed by atoms with Gasteiger partial charge in [0.05, 0.1) is 12.3 Å². The van der Waals surface area contributed by atoms with Crippen LogP contribution >= 0.6 is 0 Å². The SMILES string of the molecule is CN(C)[C@H](CNC(=O)c1ccco1)c1ccccc1. The molecule has 1 atom stereocenters. The van der Waals surface area contributed by atoms with E-state index in [4.69, 9.17) is 4.42 Å². The number of benzene rings is 1. The van der Waals surface area contributed by atoms with Gasteiger partial charge in [0, 0.05) is 6.54 Å². The Kier molecular flexibility index (Phi) is 4.36. The van der Waals surface area contributed by atoms with Gasteiger partial charge in [0.2, 0.25) is 0 Å². The van der Waals surface area contributed by atoms with Crippen LogP contribution in [-0.2, 0) is 0 Å². The van der Waals surface area contributed by atoms with Gasteiger partial charge in [-0.15, -0.1) is 0 Å². The van der Waals surface area contributed by atoms with Gasteiger partial charge in [-0.05, 0) is 31.8 Å². The van der Waals surface area contributed by atoms with E-state index in [2.05, 4.69) is 22.3 Å². The molecule has 0 radical (unpaired) electrons. The Morgan fingerprint density at radius 3 is 2.53 bits per heavy atom. The third kappa shape index (κ3) is 3.45. The Labute approximate surface area is 113 Å². The van der Waals surface area contributed by atoms with Crippen molar-refractivity contribution >= 4 is 5.91 Å². The van der Waals surface area contributed by atoms with Crippen molar-refractivity contribution < 1.29 is 9.21 Å². The number of furan rings is 1. The van der Waals surface area contributed by atoms with Gasteiger partial charge in [-0.1, -0.05) is 30.3 Å². The highest BCUT2D eigenvalue weighted by molar-refractivity contribution is 5.91. The highest BCUT2D eigenvalue weighted by atomic mass is 16.3. The lowest BCUT2D eigenvalue weighted by Crippen LogP contribution is -2.34. The molecule has 4 nitrogen and oxygen atoms in total. The van der Waals surface area contributed by atoms with Crippen LogP contribution < -0.4 is 5.32 Å². The van der Waals surface area contributed by atoms with E-state index in [1.807, 2.05) is 32.3 Å². The Balaban J connectivity index is 2.01. The predicted octanol–water partition coefficient (Wildman–Crippen LogP) is 2.31. The first-order valence-electron chi connectivity index (χ1n) is 6.21. The largest absolute Gasteiger partial charge is 0.459 e. The molecule has 0 bridgehead atoms. The van der Waals surface area contributed by atoms with Crippen LogP contribution in [0.5, 0.6) is 0 Å². The van der Waals surface area contributed by atoms with Gasteiger partial charge in [-0.3, -0.25) is 4.79 Å². The number of hydrogen-bond acceptors (Lipinski definition) is 3. The van der Waals surface area contributed by atoms with E-state index in [1.165, 1.54) is 11.8 Å². The van der Waals surface area contributed by atoms with E-state index < -0.39 is 0 Å². The number of carbonyl (C=O) groups excluding carboxylic acids is 1. The molecule has 1 amide bonds. The van der Waals surface area contributed by atoms with E-state index in [9.17, 15) is 4.79 Å². The van der Waals surface area contributed by atoms with Gasteiger partial charge in [0.1, 0.15) is 0 Å². The monoisotopic (exact) mass is 258 g/mol. The fraction of sp³-hybridized carbons (Fsp3) is 0.267. The van der Waals surface area contributed by atoms with E-state index in [-0.39, 0.29) is 11.9 Å². The number of rotatable bonds is 5. The van der Waals surface area contributed by atoms with Crippen molar-refractivity contribution in [2.45, 2.75) is 6.04 Å². The van der Waals surface area contributed by atoms with E-state index in [1.54, 1.807) is 12.1 Å². The summed E-state index contributed by atoms with van der Waals surface area (Å²) in [6.45, 7) is 0.538. The summed E-state index contributed by atoms with van der Waals surface area (Å²) in [4.78, 5) is 13.9. The molecule has 2 rings (SSSR count). The molecule has 0 spiro atoms. The van der Waals surface area contributed by atoms with Crippen molar-refractivity contribution in [3.63, 3.8) is 0 Å². The van der Waals surface area contributed by atoms with Crippen LogP contribution in [0.1, 0.15) is 22.2 Å². The Hall–Kier alpha value is -2.07. The fourth-order valence-corrected chi connectivity index (χ4v) is 1.96. The summed E-state index contributed by atoms with van der Waals surface area (Å²) >= 11 is 0. The normalized spacial score (nSPS) is 12.4. The Morgan fingerprint density at radius 1 is 1.21 bits per heavy atom. The van der Waals surface area contributed by atoms with Crippen molar-refractivity contribution in [3.8, 4) is 0 Å². The summed E-state index contributed by atoms with van der Waals surface area (Å²) in [7, 11) is 3.99. The molecule has 0 fully saturated rings. The number of amides is 1. The molecule has 100 valence electrons. The molecular weight excluding hydrogens is 240 g/mol. The average Bonchev–Trinajstić information content (AvgIpc) is 2.93. The number of likely N-dealkylation sites (N-methyl/N-ethyl adjacent to an activating group) is 1. The van der Waals surface area contributed by atoms with Crippen LogP contribution in [-0.4, -0.2) is 31.4 Å². The lowest BCUT2D eigenvalue weighted by Gasteiger charge is -2.24. The first-order valence-corrected chi connectivity index (χ1v) is 6.21. The highest BCUT2D eigenvalue weighted by Gasteiger charge is 2.16. The molecule has 0 aliphatic carbocycles. The third-order valence-electron chi connectivity index (χ3n) is 3.01. The topological polar surface area (TPSA) is 45.5 Å². The smallest absolute Gasteiger partial charge is 0.287 e. The average molecular weight is 258 g/mol. The molecule has 1 aromatic carbocycles. The zero-order valence-corrected chi connectivity index (χ0v) is 11.2. The maximum Gasteiger partial charge on any atom is 0.287 e. The minimum Gasteiger partial charge on any atom is -0.459 e. The zero-order valence-electron chi connectivity index (χ0n) is 11.2. The number of hydrogen-bond donors (Lipinski definition) is 1. The van der Waals surface area contributed by atoms with Crippen molar-refractivity contribution in [1.82, 2.24) is 10.2 Å². The number of carbonyl (C=O) groups is 1. The summed E-state index contributed by atoms with van der Waals surface area (Å²) < 4.78 is 5.07. The minimum absolute atomic E-state index is 0.139. The summed E-state index contributed by atoms with van der Waals surface area (Å²) in [5.74, 6) is 0.151. The van der Waals surface area contributed by atoms with Crippen molar-refractivity contribution in [3.05, 3.63) is 60.1 Å². The molecule has 4 heteroatoms. The van der Waals surface area contributed by atoms with E-state index >= 15 is 0 Å². The molecular formula is C15H18N2O2. The molecule has 0 aliphatic rings.